The Morgan fingerprint density at radius 2 is 1.88 bits per heavy atom. The SMILES string of the molecule is C=CCNCc1ccc(N)c2ccccc12. The maximum atomic E-state index is 5.94. The van der Waals surface area contributed by atoms with Gasteiger partial charge in [0.2, 0.25) is 0 Å². The summed E-state index contributed by atoms with van der Waals surface area (Å²) in [5.41, 5.74) is 8.05. The number of nitrogens with two attached hydrogens (primary N) is 1. The van der Waals surface area contributed by atoms with Crippen LogP contribution in [0.3, 0.4) is 0 Å². The van der Waals surface area contributed by atoms with Crippen LogP contribution in [0.4, 0.5) is 5.69 Å². The molecule has 0 aliphatic carbocycles. The van der Waals surface area contributed by atoms with E-state index in [1.54, 1.807) is 0 Å². The summed E-state index contributed by atoms with van der Waals surface area (Å²) in [5, 5.41) is 5.65. The molecule has 0 amide bonds. The van der Waals surface area contributed by atoms with Crippen molar-refractivity contribution in [1.29, 1.82) is 0 Å². The Balaban J connectivity index is 2.38. The predicted molar refractivity (Wildman–Crippen MR) is 70.3 cm³/mol. The number of hydrogen-bond donors (Lipinski definition) is 2. The van der Waals surface area contributed by atoms with E-state index >= 15 is 0 Å². The van der Waals surface area contributed by atoms with Gasteiger partial charge in [0.1, 0.15) is 0 Å². The smallest absolute Gasteiger partial charge is 0.0393 e. The third kappa shape index (κ3) is 2.07. The molecule has 0 fully saturated rings. The molecule has 0 aliphatic rings. The maximum Gasteiger partial charge on any atom is 0.0393 e. The number of nitrogens with one attached hydrogen (secondary N) is 1. The van der Waals surface area contributed by atoms with Crippen LogP contribution in [0.15, 0.2) is 49.1 Å². The van der Waals surface area contributed by atoms with Gasteiger partial charge in [-0.05, 0) is 17.0 Å². The molecule has 0 aliphatic heterocycles. The fourth-order valence-electron chi connectivity index (χ4n) is 1.85. The Kier molecular flexibility index (Phi) is 3.22. The third-order valence-corrected chi connectivity index (χ3v) is 2.65. The first-order valence-corrected chi connectivity index (χ1v) is 5.40. The van der Waals surface area contributed by atoms with Gasteiger partial charge >= 0.3 is 0 Å². The van der Waals surface area contributed by atoms with E-state index in [0.29, 0.717) is 0 Å². The van der Waals surface area contributed by atoms with Crippen LogP contribution in [0.25, 0.3) is 10.8 Å². The summed E-state index contributed by atoms with van der Waals surface area (Å²) in [4.78, 5) is 0. The summed E-state index contributed by atoms with van der Waals surface area (Å²) in [6.07, 6.45) is 1.86. The van der Waals surface area contributed by atoms with Crippen molar-refractivity contribution in [3.05, 3.63) is 54.6 Å². The van der Waals surface area contributed by atoms with Crippen LogP contribution in [-0.4, -0.2) is 6.54 Å². The minimum atomic E-state index is 0.818. The van der Waals surface area contributed by atoms with E-state index in [1.165, 1.54) is 10.9 Å². The van der Waals surface area contributed by atoms with Gasteiger partial charge in [-0.1, -0.05) is 36.4 Å². The topological polar surface area (TPSA) is 38.0 Å². The van der Waals surface area contributed by atoms with Crippen molar-refractivity contribution >= 4 is 16.5 Å². The average molecular weight is 212 g/mol. The summed E-state index contributed by atoms with van der Waals surface area (Å²) < 4.78 is 0. The Hall–Kier alpha value is -1.80. The van der Waals surface area contributed by atoms with Crippen LogP contribution in [0.1, 0.15) is 5.56 Å². The summed E-state index contributed by atoms with van der Waals surface area (Å²) in [6.45, 7) is 5.34. The Morgan fingerprint density at radius 1 is 1.12 bits per heavy atom. The Labute approximate surface area is 95.8 Å². The highest BCUT2D eigenvalue weighted by molar-refractivity contribution is 5.95. The van der Waals surface area contributed by atoms with Crippen molar-refractivity contribution in [2.45, 2.75) is 6.54 Å². The van der Waals surface area contributed by atoms with E-state index in [2.05, 4.69) is 30.1 Å². The molecule has 0 atom stereocenters. The van der Waals surface area contributed by atoms with E-state index < -0.39 is 0 Å². The summed E-state index contributed by atoms with van der Waals surface area (Å²) in [6, 6.07) is 12.3. The molecular formula is C14H16N2. The lowest BCUT2D eigenvalue weighted by Gasteiger charge is -2.09. The number of anilines is 1. The second-order valence-electron chi connectivity index (χ2n) is 3.78. The summed E-state index contributed by atoms with van der Waals surface area (Å²) in [5.74, 6) is 0. The molecular weight excluding hydrogens is 196 g/mol. The van der Waals surface area contributed by atoms with E-state index in [-0.39, 0.29) is 0 Å². The van der Waals surface area contributed by atoms with Crippen LogP contribution >= 0.6 is 0 Å². The molecule has 0 aromatic heterocycles. The molecule has 0 spiro atoms. The summed E-state index contributed by atoms with van der Waals surface area (Å²) in [7, 11) is 0. The molecule has 0 heterocycles. The fourth-order valence-corrected chi connectivity index (χ4v) is 1.85. The first-order chi connectivity index (χ1) is 7.83. The zero-order valence-corrected chi connectivity index (χ0v) is 9.24. The largest absolute Gasteiger partial charge is 0.398 e. The van der Waals surface area contributed by atoms with Gasteiger partial charge in [-0.15, -0.1) is 6.58 Å². The van der Waals surface area contributed by atoms with Gasteiger partial charge in [-0.25, -0.2) is 0 Å². The lowest BCUT2D eigenvalue weighted by molar-refractivity contribution is 0.765. The van der Waals surface area contributed by atoms with Crippen LogP contribution < -0.4 is 11.1 Å². The van der Waals surface area contributed by atoms with Gasteiger partial charge in [0.05, 0.1) is 0 Å². The van der Waals surface area contributed by atoms with Gasteiger partial charge in [0.15, 0.2) is 0 Å². The number of benzene rings is 2. The van der Waals surface area contributed by atoms with Crippen LogP contribution in [-0.2, 0) is 6.54 Å². The van der Waals surface area contributed by atoms with Gasteiger partial charge in [-0.2, -0.15) is 0 Å². The molecule has 0 radical (unpaired) electrons. The molecule has 2 aromatic rings. The fraction of sp³-hybridized carbons (Fsp3) is 0.143. The quantitative estimate of drug-likeness (QED) is 0.464. The van der Waals surface area contributed by atoms with Gasteiger partial charge in [-0.3, -0.25) is 0 Å². The zero-order chi connectivity index (χ0) is 11.4. The van der Waals surface area contributed by atoms with Crippen molar-refractivity contribution in [3.8, 4) is 0 Å². The minimum absolute atomic E-state index is 0.818. The zero-order valence-electron chi connectivity index (χ0n) is 9.24. The molecule has 16 heavy (non-hydrogen) atoms. The summed E-state index contributed by atoms with van der Waals surface area (Å²) >= 11 is 0. The second-order valence-corrected chi connectivity index (χ2v) is 3.78. The lowest BCUT2D eigenvalue weighted by Crippen LogP contribution is -2.12. The number of rotatable bonds is 4. The van der Waals surface area contributed by atoms with Crippen molar-refractivity contribution in [1.82, 2.24) is 5.32 Å². The molecule has 2 aromatic carbocycles. The van der Waals surface area contributed by atoms with Crippen LogP contribution in [0.2, 0.25) is 0 Å². The third-order valence-electron chi connectivity index (χ3n) is 2.65. The molecule has 2 nitrogen and oxygen atoms in total. The van der Waals surface area contributed by atoms with Gasteiger partial charge in [0.25, 0.3) is 0 Å². The standard InChI is InChI=1S/C14H16N2/c1-2-9-16-10-11-7-8-14(15)13-6-4-3-5-12(11)13/h2-8,16H,1,9-10,15H2. The van der Waals surface area contributed by atoms with Gasteiger partial charge in [0, 0.05) is 24.2 Å². The number of hydrogen-bond acceptors (Lipinski definition) is 2. The molecule has 0 unspecified atom stereocenters. The highest BCUT2D eigenvalue weighted by atomic mass is 14.8. The van der Waals surface area contributed by atoms with Crippen molar-refractivity contribution in [2.75, 3.05) is 12.3 Å². The molecule has 2 rings (SSSR count). The lowest BCUT2D eigenvalue weighted by atomic mass is 10.0. The second kappa shape index (κ2) is 4.81. The molecule has 0 saturated heterocycles. The molecule has 3 N–H and O–H groups in total. The van der Waals surface area contributed by atoms with Crippen molar-refractivity contribution in [2.24, 2.45) is 0 Å². The van der Waals surface area contributed by atoms with E-state index in [0.717, 1.165) is 24.2 Å². The Morgan fingerprint density at radius 3 is 2.62 bits per heavy atom. The number of fused-ring (bicyclic) bond motifs is 1. The van der Waals surface area contributed by atoms with Crippen molar-refractivity contribution in [3.63, 3.8) is 0 Å². The van der Waals surface area contributed by atoms with E-state index in [9.17, 15) is 0 Å². The maximum absolute atomic E-state index is 5.94. The molecule has 0 bridgehead atoms. The van der Waals surface area contributed by atoms with E-state index in [4.69, 9.17) is 5.73 Å². The van der Waals surface area contributed by atoms with E-state index in [1.807, 2.05) is 24.3 Å². The normalized spacial score (nSPS) is 10.5. The van der Waals surface area contributed by atoms with Gasteiger partial charge < -0.3 is 11.1 Å². The van der Waals surface area contributed by atoms with Crippen LogP contribution in [0, 0.1) is 0 Å². The number of nitrogen functional groups attached to an aromatic ring is 1. The minimum Gasteiger partial charge on any atom is -0.398 e. The highest BCUT2D eigenvalue weighted by Gasteiger charge is 2.02. The monoisotopic (exact) mass is 212 g/mol. The first kappa shape index (κ1) is 10.7. The average Bonchev–Trinajstić information content (AvgIpc) is 2.33. The van der Waals surface area contributed by atoms with Crippen molar-refractivity contribution < 1.29 is 0 Å². The Bertz CT molecular complexity index is 503. The predicted octanol–water partition coefficient (Wildman–Crippen LogP) is 2.70. The first-order valence-electron chi connectivity index (χ1n) is 5.40. The molecule has 0 saturated carbocycles. The highest BCUT2D eigenvalue weighted by Crippen LogP contribution is 2.24. The molecule has 2 heteroatoms. The molecule has 82 valence electrons. The van der Waals surface area contributed by atoms with Crippen LogP contribution in [0.5, 0.6) is 0 Å².